The molecule has 5 nitrogen and oxygen atoms in total. The minimum Gasteiger partial charge on any atom is -0.481 e. The molecule has 0 amide bonds. The monoisotopic (exact) mass is 386 g/mol. The number of Topliss-reactive ketones (excluding diaryl/α,β-unsaturated/α-hetero) is 1. The summed E-state index contributed by atoms with van der Waals surface area (Å²) in [6.07, 6.45) is 9.34. The van der Waals surface area contributed by atoms with E-state index in [4.69, 9.17) is 5.11 Å². The van der Waals surface area contributed by atoms with Crippen molar-refractivity contribution in [3.63, 3.8) is 0 Å². The predicted molar refractivity (Wildman–Crippen MR) is 108 cm³/mol. The summed E-state index contributed by atoms with van der Waals surface area (Å²) < 4.78 is 0. The molecule has 2 unspecified atom stereocenters. The Labute approximate surface area is 166 Å². The number of carboxylic acids is 1. The van der Waals surface area contributed by atoms with Crippen LogP contribution in [-0.2, 0) is 16.0 Å². The molecule has 5 heteroatoms. The van der Waals surface area contributed by atoms with Gasteiger partial charge < -0.3 is 15.3 Å². The number of aryl methyl sites for hydroxylation is 1. The van der Waals surface area contributed by atoms with Gasteiger partial charge in [0.2, 0.25) is 0 Å². The Morgan fingerprint density at radius 3 is 2.68 bits per heavy atom. The van der Waals surface area contributed by atoms with E-state index in [1.807, 2.05) is 42.5 Å². The number of unbranched alkanes of at least 4 members (excludes halogenated alkanes) is 1. The number of aliphatic hydroxyl groups is 2. The first-order valence-electron chi connectivity index (χ1n) is 9.95. The van der Waals surface area contributed by atoms with Crippen molar-refractivity contribution in [3.8, 4) is 0 Å². The van der Waals surface area contributed by atoms with Gasteiger partial charge in [-0.2, -0.15) is 0 Å². The third-order valence-corrected chi connectivity index (χ3v) is 5.18. The molecule has 152 valence electrons. The smallest absolute Gasteiger partial charge is 0.303 e. The lowest BCUT2D eigenvalue weighted by molar-refractivity contribution is -0.137. The maximum Gasteiger partial charge on any atom is 0.303 e. The van der Waals surface area contributed by atoms with Crippen LogP contribution < -0.4 is 0 Å². The molecule has 1 aromatic carbocycles. The number of carbonyl (C=O) groups is 2. The van der Waals surface area contributed by atoms with Crippen LogP contribution in [0.3, 0.4) is 0 Å². The fourth-order valence-corrected chi connectivity index (χ4v) is 3.57. The van der Waals surface area contributed by atoms with Gasteiger partial charge in [0, 0.05) is 24.7 Å². The van der Waals surface area contributed by atoms with Crippen LogP contribution in [0.2, 0.25) is 0 Å². The first-order valence-corrected chi connectivity index (χ1v) is 9.95. The minimum absolute atomic E-state index is 0.0381. The van der Waals surface area contributed by atoms with Crippen molar-refractivity contribution in [2.75, 3.05) is 0 Å². The lowest BCUT2D eigenvalue weighted by Gasteiger charge is -2.16. The standard InChI is InChI=1S/C23H30O5/c24-18(13-12-17-8-4-3-5-9-17)14-15-20-19(21(25)16-22(20)26)10-6-1-2-7-11-23(27)28/h1,3-6,8-9,14-15,18-20,22,24,26H,2,7,10-13,16H2,(H,27,28)/b6-1-,15-14+/t18-,19?,20?,22+/m0/s1. The van der Waals surface area contributed by atoms with Gasteiger partial charge in [0.1, 0.15) is 5.78 Å². The summed E-state index contributed by atoms with van der Waals surface area (Å²) >= 11 is 0. The number of carbonyl (C=O) groups excluding carboxylic acids is 1. The summed E-state index contributed by atoms with van der Waals surface area (Å²) in [7, 11) is 0. The average Bonchev–Trinajstić information content (AvgIpc) is 2.94. The number of aliphatic carboxylic acids is 1. The van der Waals surface area contributed by atoms with Crippen LogP contribution in [0.25, 0.3) is 0 Å². The minimum atomic E-state index is -0.807. The van der Waals surface area contributed by atoms with E-state index >= 15 is 0 Å². The molecule has 0 spiro atoms. The van der Waals surface area contributed by atoms with E-state index < -0.39 is 18.2 Å². The molecule has 2 rings (SSSR count). The molecule has 1 fully saturated rings. The predicted octanol–water partition coefficient (Wildman–Crippen LogP) is 3.30. The summed E-state index contributed by atoms with van der Waals surface area (Å²) in [6.45, 7) is 0. The molecule has 1 saturated carbocycles. The molecule has 0 bridgehead atoms. The molecule has 0 saturated heterocycles. The number of aliphatic hydroxyl groups excluding tert-OH is 2. The maximum absolute atomic E-state index is 12.2. The van der Waals surface area contributed by atoms with Crippen LogP contribution in [0.5, 0.6) is 0 Å². The van der Waals surface area contributed by atoms with Crippen molar-refractivity contribution >= 4 is 11.8 Å². The van der Waals surface area contributed by atoms with Gasteiger partial charge in [0.05, 0.1) is 12.2 Å². The van der Waals surface area contributed by atoms with Gasteiger partial charge in [-0.1, -0.05) is 54.6 Å². The Kier molecular flexibility index (Phi) is 9.11. The summed E-state index contributed by atoms with van der Waals surface area (Å²) in [6, 6.07) is 9.94. The second-order valence-electron chi connectivity index (χ2n) is 7.39. The van der Waals surface area contributed by atoms with Gasteiger partial charge in [-0.15, -0.1) is 0 Å². The van der Waals surface area contributed by atoms with E-state index in [9.17, 15) is 19.8 Å². The number of allylic oxidation sites excluding steroid dienone is 2. The van der Waals surface area contributed by atoms with Crippen LogP contribution in [0.15, 0.2) is 54.6 Å². The van der Waals surface area contributed by atoms with Gasteiger partial charge in [0.25, 0.3) is 0 Å². The van der Waals surface area contributed by atoms with E-state index in [1.165, 1.54) is 0 Å². The SMILES string of the molecule is O=C(O)CCC/C=C\CC1C(=O)C[C@@H](O)C1/C=C/[C@@H](O)CCc1ccccc1. The van der Waals surface area contributed by atoms with E-state index in [1.54, 1.807) is 12.2 Å². The average molecular weight is 386 g/mol. The van der Waals surface area contributed by atoms with E-state index in [2.05, 4.69) is 0 Å². The summed E-state index contributed by atoms with van der Waals surface area (Å²) in [5, 5.41) is 29.0. The van der Waals surface area contributed by atoms with Gasteiger partial charge in [-0.05, 0) is 37.7 Å². The number of hydrogen-bond donors (Lipinski definition) is 3. The van der Waals surface area contributed by atoms with Crippen molar-refractivity contribution < 1.29 is 24.9 Å². The number of ketones is 1. The normalized spacial score (nSPS) is 23.6. The Morgan fingerprint density at radius 2 is 1.96 bits per heavy atom. The van der Waals surface area contributed by atoms with Crippen LogP contribution >= 0.6 is 0 Å². The highest BCUT2D eigenvalue weighted by Gasteiger charge is 2.39. The fourth-order valence-electron chi connectivity index (χ4n) is 3.57. The molecule has 0 radical (unpaired) electrons. The zero-order valence-corrected chi connectivity index (χ0v) is 16.1. The van der Waals surface area contributed by atoms with Crippen LogP contribution in [0.1, 0.15) is 44.1 Å². The van der Waals surface area contributed by atoms with Crippen molar-refractivity contribution in [1.82, 2.24) is 0 Å². The highest BCUT2D eigenvalue weighted by molar-refractivity contribution is 5.84. The Morgan fingerprint density at radius 1 is 1.21 bits per heavy atom. The summed E-state index contributed by atoms with van der Waals surface area (Å²) in [4.78, 5) is 22.7. The maximum atomic E-state index is 12.2. The summed E-state index contributed by atoms with van der Waals surface area (Å²) in [5.41, 5.74) is 1.16. The van der Waals surface area contributed by atoms with Gasteiger partial charge >= 0.3 is 5.97 Å². The lowest BCUT2D eigenvalue weighted by Crippen LogP contribution is -2.19. The Hall–Kier alpha value is -2.24. The fraction of sp³-hybridized carbons (Fsp3) is 0.478. The van der Waals surface area contributed by atoms with E-state index in [-0.39, 0.29) is 30.5 Å². The molecule has 3 N–H and O–H groups in total. The first kappa shape index (κ1) is 22.1. The molecule has 1 aromatic rings. The molecule has 0 aromatic heterocycles. The molecule has 0 heterocycles. The Bertz CT molecular complexity index is 679. The third-order valence-electron chi connectivity index (χ3n) is 5.18. The molecular formula is C23H30O5. The third kappa shape index (κ3) is 7.41. The summed E-state index contributed by atoms with van der Waals surface area (Å²) in [5.74, 6) is -1.35. The molecule has 0 aliphatic heterocycles. The number of rotatable bonds is 11. The van der Waals surface area contributed by atoms with Crippen molar-refractivity contribution in [1.29, 1.82) is 0 Å². The van der Waals surface area contributed by atoms with Crippen LogP contribution in [0, 0.1) is 11.8 Å². The number of carboxylic acid groups (broad SMARTS) is 1. The lowest BCUT2D eigenvalue weighted by atomic mass is 9.90. The highest BCUT2D eigenvalue weighted by atomic mass is 16.4. The van der Waals surface area contributed by atoms with Crippen LogP contribution in [0.4, 0.5) is 0 Å². The van der Waals surface area contributed by atoms with Crippen molar-refractivity contribution in [3.05, 3.63) is 60.2 Å². The largest absolute Gasteiger partial charge is 0.481 e. The van der Waals surface area contributed by atoms with Gasteiger partial charge in [-0.25, -0.2) is 0 Å². The molecular weight excluding hydrogens is 356 g/mol. The molecule has 1 aliphatic carbocycles. The number of benzene rings is 1. The second-order valence-corrected chi connectivity index (χ2v) is 7.39. The molecule has 28 heavy (non-hydrogen) atoms. The number of hydrogen-bond acceptors (Lipinski definition) is 4. The first-order chi connectivity index (χ1) is 13.5. The van der Waals surface area contributed by atoms with E-state index in [0.717, 1.165) is 12.0 Å². The highest BCUT2D eigenvalue weighted by Crippen LogP contribution is 2.33. The molecule has 4 atom stereocenters. The van der Waals surface area contributed by atoms with Gasteiger partial charge in [0.15, 0.2) is 0 Å². The quantitative estimate of drug-likeness (QED) is 0.401. The topological polar surface area (TPSA) is 94.8 Å². The van der Waals surface area contributed by atoms with Gasteiger partial charge in [-0.3, -0.25) is 9.59 Å². The van der Waals surface area contributed by atoms with Crippen molar-refractivity contribution in [2.24, 2.45) is 11.8 Å². The zero-order chi connectivity index (χ0) is 20.4. The second kappa shape index (κ2) is 11.6. The molecule has 1 aliphatic rings. The van der Waals surface area contributed by atoms with Crippen molar-refractivity contribution in [2.45, 2.75) is 57.2 Å². The Balaban J connectivity index is 1.82. The zero-order valence-electron chi connectivity index (χ0n) is 16.1. The van der Waals surface area contributed by atoms with E-state index in [0.29, 0.717) is 25.7 Å². The van der Waals surface area contributed by atoms with Crippen LogP contribution in [-0.4, -0.2) is 39.3 Å².